The number of rotatable bonds is 9. The summed E-state index contributed by atoms with van der Waals surface area (Å²) < 4.78 is 36.0. The Hall–Kier alpha value is -2.39. The Morgan fingerprint density at radius 2 is 1.96 bits per heavy atom. The molecular weight excluding hydrogens is 372 g/mol. The van der Waals surface area contributed by atoms with Crippen molar-refractivity contribution < 1.29 is 27.5 Å². The fourth-order valence-electron chi connectivity index (χ4n) is 2.02. The highest BCUT2D eigenvalue weighted by atomic mass is 32.2. The molecule has 0 saturated carbocycles. The number of carbonyl (C=O) groups is 2. The van der Waals surface area contributed by atoms with E-state index in [-0.39, 0.29) is 16.6 Å². The lowest BCUT2D eigenvalue weighted by atomic mass is 10.2. The van der Waals surface area contributed by atoms with Gasteiger partial charge in [-0.05, 0) is 37.1 Å². The monoisotopic (exact) mass is 398 g/mol. The Balaban J connectivity index is 2.93. The zero-order valence-corrected chi connectivity index (χ0v) is 17.0. The minimum atomic E-state index is -3.71. The summed E-state index contributed by atoms with van der Waals surface area (Å²) in [6, 6.07) is 4.51. The minimum Gasteiger partial charge on any atom is -0.495 e. The van der Waals surface area contributed by atoms with Gasteiger partial charge in [0.15, 0.2) is 6.10 Å². The molecule has 1 atom stereocenters. The Labute approximate surface area is 160 Å². The average molecular weight is 398 g/mol. The molecule has 1 amide bonds. The molecule has 1 N–H and O–H groups in total. The van der Waals surface area contributed by atoms with Gasteiger partial charge < -0.3 is 14.8 Å². The zero-order valence-electron chi connectivity index (χ0n) is 16.2. The SMILES string of the molecule is CCCNC(=O)[C@H](C)OC(=O)/C=C/c1ccc(OC)c(S(=O)(=O)N(C)C)c1. The molecule has 0 aliphatic carbocycles. The van der Waals surface area contributed by atoms with E-state index < -0.39 is 22.1 Å². The Kier molecular flexibility index (Phi) is 8.45. The minimum absolute atomic E-state index is 0.0159. The van der Waals surface area contributed by atoms with Crippen LogP contribution in [0.25, 0.3) is 6.08 Å². The molecule has 0 heterocycles. The maximum atomic E-state index is 12.4. The van der Waals surface area contributed by atoms with E-state index in [0.717, 1.165) is 16.8 Å². The third-order valence-electron chi connectivity index (χ3n) is 3.57. The molecule has 0 bridgehead atoms. The smallest absolute Gasteiger partial charge is 0.331 e. The number of methoxy groups -OCH3 is 1. The van der Waals surface area contributed by atoms with E-state index in [4.69, 9.17) is 9.47 Å². The highest BCUT2D eigenvalue weighted by molar-refractivity contribution is 7.89. The molecule has 0 spiro atoms. The first-order chi connectivity index (χ1) is 12.6. The standard InChI is InChI=1S/C18H26N2O6S/c1-6-11-19-18(22)13(2)26-17(21)10-8-14-7-9-15(25-5)16(12-14)27(23,24)20(3)4/h7-10,12-13H,6,11H2,1-5H3,(H,19,22)/b10-8+/t13-/m0/s1. The molecular formula is C18H26N2O6S. The second-order valence-corrected chi connectivity index (χ2v) is 8.02. The molecule has 8 nitrogen and oxygen atoms in total. The molecule has 1 aromatic rings. The van der Waals surface area contributed by atoms with Crippen LogP contribution in [0.15, 0.2) is 29.2 Å². The number of carbonyl (C=O) groups excluding carboxylic acids is 2. The topological polar surface area (TPSA) is 102 Å². The van der Waals surface area contributed by atoms with Crippen molar-refractivity contribution in [1.82, 2.24) is 9.62 Å². The third-order valence-corrected chi connectivity index (χ3v) is 5.41. The molecule has 0 aromatic heterocycles. The highest BCUT2D eigenvalue weighted by Crippen LogP contribution is 2.27. The summed E-state index contributed by atoms with van der Waals surface area (Å²) in [5.74, 6) is -0.881. The van der Waals surface area contributed by atoms with E-state index in [2.05, 4.69) is 5.32 Å². The molecule has 0 aliphatic heterocycles. The summed E-state index contributed by atoms with van der Waals surface area (Å²) in [6.07, 6.45) is 2.40. The highest BCUT2D eigenvalue weighted by Gasteiger charge is 2.22. The van der Waals surface area contributed by atoms with E-state index >= 15 is 0 Å². The van der Waals surface area contributed by atoms with Crippen molar-refractivity contribution in [2.45, 2.75) is 31.3 Å². The maximum Gasteiger partial charge on any atom is 0.331 e. The van der Waals surface area contributed by atoms with Gasteiger partial charge >= 0.3 is 5.97 Å². The number of hydrogen-bond donors (Lipinski definition) is 1. The van der Waals surface area contributed by atoms with Crippen LogP contribution < -0.4 is 10.1 Å². The summed E-state index contributed by atoms with van der Waals surface area (Å²) in [7, 11) is 0.495. The van der Waals surface area contributed by atoms with E-state index in [9.17, 15) is 18.0 Å². The van der Waals surface area contributed by atoms with Crippen LogP contribution in [0.4, 0.5) is 0 Å². The predicted molar refractivity (Wildman–Crippen MR) is 102 cm³/mol. The molecule has 27 heavy (non-hydrogen) atoms. The van der Waals surface area contributed by atoms with Crippen LogP contribution in [0, 0.1) is 0 Å². The van der Waals surface area contributed by atoms with Crippen LogP contribution >= 0.6 is 0 Å². The number of sulfonamides is 1. The van der Waals surface area contributed by atoms with Gasteiger partial charge in [0, 0.05) is 26.7 Å². The van der Waals surface area contributed by atoms with Crippen LogP contribution in [-0.2, 0) is 24.3 Å². The summed E-state index contributed by atoms with van der Waals surface area (Å²) in [6.45, 7) is 3.90. The summed E-state index contributed by atoms with van der Waals surface area (Å²) in [5.41, 5.74) is 0.469. The number of hydrogen-bond acceptors (Lipinski definition) is 6. The second-order valence-electron chi connectivity index (χ2n) is 5.90. The predicted octanol–water partition coefficient (Wildman–Crippen LogP) is 1.42. The van der Waals surface area contributed by atoms with E-state index in [1.165, 1.54) is 46.3 Å². The normalized spacial score (nSPS) is 12.8. The van der Waals surface area contributed by atoms with Crippen LogP contribution in [0.2, 0.25) is 0 Å². The summed E-state index contributed by atoms with van der Waals surface area (Å²) in [4.78, 5) is 23.6. The van der Waals surface area contributed by atoms with Crippen molar-refractivity contribution in [3.8, 4) is 5.75 Å². The molecule has 0 saturated heterocycles. The van der Waals surface area contributed by atoms with Gasteiger partial charge in [-0.2, -0.15) is 0 Å². The first-order valence-electron chi connectivity index (χ1n) is 8.40. The maximum absolute atomic E-state index is 12.4. The van der Waals surface area contributed by atoms with Crippen LogP contribution in [0.1, 0.15) is 25.8 Å². The van der Waals surface area contributed by atoms with Crippen LogP contribution in [0.3, 0.4) is 0 Å². The zero-order chi connectivity index (χ0) is 20.6. The van der Waals surface area contributed by atoms with Crippen molar-refractivity contribution in [1.29, 1.82) is 0 Å². The fourth-order valence-corrected chi connectivity index (χ4v) is 3.10. The molecule has 0 aliphatic rings. The first kappa shape index (κ1) is 22.7. The van der Waals surface area contributed by atoms with Crippen molar-refractivity contribution in [2.24, 2.45) is 0 Å². The number of benzene rings is 1. The van der Waals surface area contributed by atoms with Gasteiger partial charge in [0.2, 0.25) is 10.0 Å². The molecule has 0 radical (unpaired) electrons. The van der Waals surface area contributed by atoms with Gasteiger partial charge in [-0.15, -0.1) is 0 Å². The number of nitrogens with one attached hydrogen (secondary N) is 1. The van der Waals surface area contributed by atoms with Gasteiger partial charge in [0.05, 0.1) is 7.11 Å². The van der Waals surface area contributed by atoms with E-state index in [0.29, 0.717) is 12.1 Å². The van der Waals surface area contributed by atoms with Gasteiger partial charge in [-0.1, -0.05) is 13.0 Å². The lowest BCUT2D eigenvalue weighted by Crippen LogP contribution is -2.35. The molecule has 1 aromatic carbocycles. The van der Waals surface area contributed by atoms with Crippen molar-refractivity contribution in [3.63, 3.8) is 0 Å². The Morgan fingerprint density at radius 3 is 2.52 bits per heavy atom. The van der Waals surface area contributed by atoms with Crippen molar-refractivity contribution in [3.05, 3.63) is 29.8 Å². The summed E-state index contributed by atoms with van der Waals surface area (Å²) in [5, 5.41) is 2.63. The Bertz CT molecular complexity index is 802. The average Bonchev–Trinajstić information content (AvgIpc) is 2.63. The fraction of sp³-hybridized carbons (Fsp3) is 0.444. The van der Waals surface area contributed by atoms with Gasteiger partial charge in [-0.25, -0.2) is 17.5 Å². The summed E-state index contributed by atoms with van der Waals surface area (Å²) >= 11 is 0. The van der Waals surface area contributed by atoms with Gasteiger partial charge in [0.1, 0.15) is 10.6 Å². The second kappa shape index (κ2) is 10.1. The third kappa shape index (κ3) is 6.37. The number of ether oxygens (including phenoxy) is 2. The number of nitrogens with zero attached hydrogens (tertiary/aromatic N) is 1. The van der Waals surface area contributed by atoms with Crippen molar-refractivity contribution in [2.75, 3.05) is 27.7 Å². The lowest BCUT2D eigenvalue weighted by molar-refractivity contribution is -0.150. The Morgan fingerprint density at radius 1 is 1.30 bits per heavy atom. The largest absolute Gasteiger partial charge is 0.495 e. The molecule has 1 rings (SSSR count). The van der Waals surface area contributed by atoms with Crippen LogP contribution in [0.5, 0.6) is 5.75 Å². The van der Waals surface area contributed by atoms with Crippen molar-refractivity contribution >= 4 is 28.0 Å². The quantitative estimate of drug-likeness (QED) is 0.499. The van der Waals surface area contributed by atoms with Gasteiger partial charge in [-0.3, -0.25) is 4.79 Å². The van der Waals surface area contributed by atoms with E-state index in [1.807, 2.05) is 6.92 Å². The molecule has 150 valence electrons. The van der Waals surface area contributed by atoms with E-state index in [1.54, 1.807) is 6.07 Å². The first-order valence-corrected chi connectivity index (χ1v) is 9.84. The molecule has 0 unspecified atom stereocenters. The van der Waals surface area contributed by atoms with Crippen LogP contribution in [-0.4, -0.2) is 58.5 Å². The van der Waals surface area contributed by atoms with Gasteiger partial charge in [0.25, 0.3) is 5.91 Å². The number of esters is 1. The molecule has 9 heteroatoms. The lowest BCUT2D eigenvalue weighted by Gasteiger charge is -2.15. The molecule has 0 fully saturated rings. The number of amides is 1.